The molecule has 5 heteroatoms. The van der Waals surface area contributed by atoms with Gasteiger partial charge in [0.15, 0.2) is 0 Å². The minimum absolute atomic E-state index is 0.122. The van der Waals surface area contributed by atoms with Crippen molar-refractivity contribution in [2.75, 3.05) is 32.1 Å². The summed E-state index contributed by atoms with van der Waals surface area (Å²) in [6.45, 7) is 1.64. The van der Waals surface area contributed by atoms with E-state index in [-0.39, 0.29) is 12.6 Å². The van der Waals surface area contributed by atoms with Gasteiger partial charge in [-0.3, -0.25) is 4.90 Å². The van der Waals surface area contributed by atoms with Gasteiger partial charge in [0.25, 0.3) is 6.43 Å². The molecule has 1 aliphatic heterocycles. The number of nitrogens with zero attached hydrogens (tertiary/aromatic N) is 1. The molecule has 0 N–H and O–H groups in total. The van der Waals surface area contributed by atoms with Crippen LogP contribution in [0.3, 0.4) is 0 Å². The van der Waals surface area contributed by atoms with E-state index in [2.05, 4.69) is 0 Å². The molecule has 1 unspecified atom stereocenters. The molecule has 0 aromatic heterocycles. The lowest BCUT2D eigenvalue weighted by molar-refractivity contribution is 0.0426. The van der Waals surface area contributed by atoms with Crippen molar-refractivity contribution in [1.29, 1.82) is 0 Å². The molecule has 0 amide bonds. The number of hydrogen-bond acceptors (Lipinski definition) is 2. The van der Waals surface area contributed by atoms with Crippen LogP contribution in [0.25, 0.3) is 0 Å². The lowest BCUT2D eigenvalue weighted by atomic mass is 10.2. The maximum atomic E-state index is 12.2. The van der Waals surface area contributed by atoms with Crippen LogP contribution in [0.4, 0.5) is 8.78 Å². The van der Waals surface area contributed by atoms with Crippen molar-refractivity contribution >= 4 is 11.6 Å². The molecule has 0 bridgehead atoms. The van der Waals surface area contributed by atoms with Crippen LogP contribution < -0.4 is 0 Å². The second-order valence-corrected chi connectivity index (χ2v) is 3.85. The van der Waals surface area contributed by atoms with Crippen molar-refractivity contribution in [3.05, 3.63) is 0 Å². The van der Waals surface area contributed by atoms with Crippen LogP contribution in [-0.2, 0) is 4.74 Å². The van der Waals surface area contributed by atoms with E-state index in [1.807, 2.05) is 0 Å². The first-order valence-electron chi connectivity index (χ1n) is 4.90. The summed E-state index contributed by atoms with van der Waals surface area (Å²) >= 11 is 5.54. The summed E-state index contributed by atoms with van der Waals surface area (Å²) < 4.78 is 29.7. The van der Waals surface area contributed by atoms with E-state index in [4.69, 9.17) is 16.3 Å². The SMILES string of the molecule is FC(F)CN(CCCl)CC1CCCO1. The monoisotopic (exact) mass is 227 g/mol. The van der Waals surface area contributed by atoms with E-state index < -0.39 is 6.43 Å². The average Bonchev–Trinajstić information content (AvgIpc) is 2.56. The zero-order chi connectivity index (χ0) is 10.4. The van der Waals surface area contributed by atoms with Gasteiger partial charge < -0.3 is 4.74 Å². The molecule has 1 heterocycles. The molecule has 1 rings (SSSR count). The first-order chi connectivity index (χ1) is 6.72. The third-order valence-electron chi connectivity index (χ3n) is 2.28. The van der Waals surface area contributed by atoms with Crippen molar-refractivity contribution in [2.24, 2.45) is 0 Å². The van der Waals surface area contributed by atoms with Gasteiger partial charge in [-0.15, -0.1) is 11.6 Å². The van der Waals surface area contributed by atoms with Gasteiger partial charge in [0.2, 0.25) is 0 Å². The standard InChI is InChI=1S/C9H16ClF2NO/c10-3-4-13(7-9(11)12)6-8-2-1-5-14-8/h8-9H,1-7H2. The Bertz CT molecular complexity index is 154. The molecule has 1 fully saturated rings. The molecule has 0 saturated carbocycles. The molecule has 84 valence electrons. The summed E-state index contributed by atoms with van der Waals surface area (Å²) in [4.78, 5) is 1.67. The Kier molecular flexibility index (Phi) is 5.67. The van der Waals surface area contributed by atoms with Crippen LogP contribution in [0.5, 0.6) is 0 Å². The van der Waals surface area contributed by atoms with Gasteiger partial charge in [-0.1, -0.05) is 0 Å². The number of rotatable bonds is 6. The fraction of sp³-hybridized carbons (Fsp3) is 1.00. The number of alkyl halides is 3. The molecule has 1 saturated heterocycles. The lowest BCUT2D eigenvalue weighted by Crippen LogP contribution is -2.37. The third kappa shape index (κ3) is 4.53. The van der Waals surface area contributed by atoms with Gasteiger partial charge >= 0.3 is 0 Å². The van der Waals surface area contributed by atoms with Crippen molar-refractivity contribution in [2.45, 2.75) is 25.4 Å². The molecule has 2 nitrogen and oxygen atoms in total. The Labute approximate surface area is 88.2 Å². The van der Waals surface area contributed by atoms with Crippen molar-refractivity contribution < 1.29 is 13.5 Å². The van der Waals surface area contributed by atoms with Gasteiger partial charge in [-0.2, -0.15) is 0 Å². The molecular formula is C9H16ClF2NO. The highest BCUT2D eigenvalue weighted by Gasteiger charge is 2.20. The summed E-state index contributed by atoms with van der Waals surface area (Å²) in [7, 11) is 0. The zero-order valence-electron chi connectivity index (χ0n) is 8.09. The molecule has 1 aliphatic rings. The quantitative estimate of drug-likeness (QED) is 0.644. The van der Waals surface area contributed by atoms with E-state index in [9.17, 15) is 8.78 Å². The average molecular weight is 228 g/mol. The second kappa shape index (κ2) is 6.53. The van der Waals surface area contributed by atoms with Crippen molar-refractivity contribution in [3.8, 4) is 0 Å². The Hall–Kier alpha value is 0.0700. The van der Waals surface area contributed by atoms with Gasteiger partial charge in [-0.25, -0.2) is 8.78 Å². The molecule has 0 radical (unpaired) electrons. The summed E-state index contributed by atoms with van der Waals surface area (Å²) in [6, 6.07) is 0. The Morgan fingerprint density at radius 1 is 1.50 bits per heavy atom. The van der Waals surface area contributed by atoms with E-state index in [0.29, 0.717) is 19.0 Å². The highest BCUT2D eigenvalue weighted by Crippen LogP contribution is 2.14. The number of ether oxygens (including phenoxy) is 1. The van der Waals surface area contributed by atoms with E-state index >= 15 is 0 Å². The fourth-order valence-corrected chi connectivity index (χ4v) is 1.89. The van der Waals surface area contributed by atoms with Crippen molar-refractivity contribution in [1.82, 2.24) is 4.90 Å². The van der Waals surface area contributed by atoms with Crippen molar-refractivity contribution in [3.63, 3.8) is 0 Å². The predicted octanol–water partition coefficient (Wildman–Crippen LogP) is 1.97. The molecule has 14 heavy (non-hydrogen) atoms. The van der Waals surface area contributed by atoms with Crippen LogP contribution in [0, 0.1) is 0 Å². The maximum Gasteiger partial charge on any atom is 0.251 e. The van der Waals surface area contributed by atoms with Gasteiger partial charge in [0.05, 0.1) is 12.6 Å². The Morgan fingerprint density at radius 3 is 2.79 bits per heavy atom. The minimum Gasteiger partial charge on any atom is -0.377 e. The van der Waals surface area contributed by atoms with Gasteiger partial charge in [0, 0.05) is 25.6 Å². The Morgan fingerprint density at radius 2 is 2.29 bits per heavy atom. The number of halogens is 3. The molecule has 0 spiro atoms. The summed E-state index contributed by atoms with van der Waals surface area (Å²) in [6.07, 6.45) is -0.160. The molecular weight excluding hydrogens is 212 g/mol. The van der Waals surface area contributed by atoms with Gasteiger partial charge in [-0.05, 0) is 12.8 Å². The topological polar surface area (TPSA) is 12.5 Å². The summed E-state index contributed by atoms with van der Waals surface area (Å²) in [5, 5.41) is 0. The minimum atomic E-state index is -2.29. The normalized spacial score (nSPS) is 22.5. The highest BCUT2D eigenvalue weighted by molar-refractivity contribution is 6.18. The maximum absolute atomic E-state index is 12.2. The zero-order valence-corrected chi connectivity index (χ0v) is 8.85. The molecule has 1 atom stereocenters. The summed E-state index contributed by atoms with van der Waals surface area (Å²) in [5.41, 5.74) is 0. The first kappa shape index (κ1) is 12.1. The first-order valence-corrected chi connectivity index (χ1v) is 5.44. The van der Waals surface area contributed by atoms with E-state index in [1.165, 1.54) is 0 Å². The summed E-state index contributed by atoms with van der Waals surface area (Å²) in [5.74, 6) is 0.388. The van der Waals surface area contributed by atoms with E-state index in [0.717, 1.165) is 19.4 Å². The number of hydrogen-bond donors (Lipinski definition) is 0. The predicted molar refractivity (Wildman–Crippen MR) is 52.1 cm³/mol. The van der Waals surface area contributed by atoms with E-state index in [1.54, 1.807) is 4.90 Å². The largest absolute Gasteiger partial charge is 0.377 e. The van der Waals surface area contributed by atoms with Crippen LogP contribution in [-0.4, -0.2) is 49.6 Å². The molecule has 0 aromatic carbocycles. The lowest BCUT2D eigenvalue weighted by Gasteiger charge is -2.23. The molecule has 0 aromatic rings. The van der Waals surface area contributed by atoms with Crippen LogP contribution >= 0.6 is 11.6 Å². The van der Waals surface area contributed by atoms with Crippen LogP contribution in [0.15, 0.2) is 0 Å². The Balaban J connectivity index is 2.25. The second-order valence-electron chi connectivity index (χ2n) is 3.47. The third-order valence-corrected chi connectivity index (χ3v) is 2.45. The smallest absolute Gasteiger partial charge is 0.251 e. The van der Waals surface area contributed by atoms with Crippen LogP contribution in [0.1, 0.15) is 12.8 Å². The fourth-order valence-electron chi connectivity index (χ4n) is 1.65. The molecule has 0 aliphatic carbocycles. The van der Waals surface area contributed by atoms with Gasteiger partial charge in [0.1, 0.15) is 0 Å². The highest BCUT2D eigenvalue weighted by atomic mass is 35.5. The van der Waals surface area contributed by atoms with Crippen LogP contribution in [0.2, 0.25) is 0 Å².